The van der Waals surface area contributed by atoms with Crippen molar-refractivity contribution in [1.82, 2.24) is 4.90 Å². The van der Waals surface area contributed by atoms with Gasteiger partial charge < -0.3 is 9.94 Å². The molecule has 1 aromatic rings. The number of hydrogen-bond acceptors (Lipinski definition) is 4. The van der Waals surface area contributed by atoms with E-state index in [1.165, 1.54) is 4.90 Å². The predicted molar refractivity (Wildman–Crippen MR) is 92.9 cm³/mol. The van der Waals surface area contributed by atoms with E-state index in [0.29, 0.717) is 22.3 Å². The van der Waals surface area contributed by atoms with E-state index in [2.05, 4.69) is 21.1 Å². The number of halogens is 2. The number of benzene rings is 1. The van der Waals surface area contributed by atoms with E-state index in [1.54, 1.807) is 39.0 Å². The van der Waals surface area contributed by atoms with Crippen molar-refractivity contribution >= 4 is 27.7 Å². The number of nitrogens with zero attached hydrogens (tertiary/aromatic N) is 2. The van der Waals surface area contributed by atoms with Gasteiger partial charge in [0.2, 0.25) is 0 Å². The lowest BCUT2D eigenvalue weighted by Crippen LogP contribution is -2.42. The van der Waals surface area contributed by atoms with E-state index >= 15 is 0 Å². The third-order valence-corrected chi connectivity index (χ3v) is 4.49. The van der Waals surface area contributed by atoms with Crippen LogP contribution in [0.3, 0.4) is 0 Å². The summed E-state index contributed by atoms with van der Waals surface area (Å²) >= 11 is 3.16. The third kappa shape index (κ3) is 4.06. The number of rotatable bonds is 2. The Morgan fingerprint density at radius 2 is 2.17 bits per heavy atom. The monoisotopic (exact) mass is 400 g/mol. The number of ether oxygens (including phenoxy) is 1. The molecule has 1 aromatic carbocycles. The molecule has 0 spiro atoms. The van der Waals surface area contributed by atoms with Crippen LogP contribution in [0.5, 0.6) is 0 Å². The zero-order chi connectivity index (χ0) is 18.1. The number of likely N-dealkylation sites (tertiary alicyclic amines) is 1. The summed E-state index contributed by atoms with van der Waals surface area (Å²) in [6.45, 7) is 7.59. The molecule has 1 aliphatic heterocycles. The van der Waals surface area contributed by atoms with E-state index < -0.39 is 17.7 Å². The highest BCUT2D eigenvalue weighted by molar-refractivity contribution is 9.10. The number of amides is 1. The molecular weight excluding hydrogens is 379 g/mol. The van der Waals surface area contributed by atoms with Gasteiger partial charge in [-0.25, -0.2) is 9.18 Å². The molecule has 0 saturated carbocycles. The molecule has 132 valence electrons. The first kappa shape index (κ1) is 18.7. The first-order chi connectivity index (χ1) is 11.1. The highest BCUT2D eigenvalue weighted by Crippen LogP contribution is 2.28. The van der Waals surface area contributed by atoms with Crippen LogP contribution in [0.25, 0.3) is 0 Å². The first-order valence-corrected chi connectivity index (χ1v) is 8.57. The smallest absolute Gasteiger partial charge is 0.410 e. The molecular formula is C17H22BrFN2O3. The number of oxime groups is 1. The summed E-state index contributed by atoms with van der Waals surface area (Å²) in [5.41, 5.74) is 0.267. The molecule has 1 saturated heterocycles. The number of carbonyl (C=O) groups excluding carboxylic acids is 1. The fourth-order valence-electron chi connectivity index (χ4n) is 2.82. The maximum atomic E-state index is 14.3. The molecule has 2 rings (SSSR count). The number of hydrogen-bond donors (Lipinski definition) is 1. The molecule has 1 heterocycles. The van der Waals surface area contributed by atoms with Gasteiger partial charge in [-0.15, -0.1) is 0 Å². The first-order valence-electron chi connectivity index (χ1n) is 7.78. The van der Waals surface area contributed by atoms with Crippen LogP contribution in [-0.4, -0.2) is 40.1 Å². The minimum absolute atomic E-state index is 0.122. The van der Waals surface area contributed by atoms with Crippen LogP contribution < -0.4 is 0 Å². The average molecular weight is 401 g/mol. The standard InChI is InChI=1S/C17H22BrFN2O3/c1-10-9-21(16(22)24-17(2,3)4)13(15(10)20-23)8-11-6-5-7-12(18)14(11)19/h5-7,10,13,23H,8-9H2,1-4H3/b20-15+. The van der Waals surface area contributed by atoms with Crippen molar-refractivity contribution in [3.8, 4) is 0 Å². The molecule has 1 N–H and O–H groups in total. The molecule has 2 unspecified atom stereocenters. The summed E-state index contributed by atoms with van der Waals surface area (Å²) in [5, 5.41) is 12.7. The molecule has 0 aliphatic carbocycles. The lowest BCUT2D eigenvalue weighted by molar-refractivity contribution is 0.0236. The fourth-order valence-corrected chi connectivity index (χ4v) is 3.23. The summed E-state index contributed by atoms with van der Waals surface area (Å²) < 4.78 is 20.1. The van der Waals surface area contributed by atoms with Gasteiger partial charge in [-0.05, 0) is 48.3 Å². The Morgan fingerprint density at radius 1 is 1.50 bits per heavy atom. The Balaban J connectivity index is 2.31. The van der Waals surface area contributed by atoms with E-state index in [1.807, 2.05) is 6.92 Å². The van der Waals surface area contributed by atoms with Crippen molar-refractivity contribution in [2.75, 3.05) is 6.54 Å². The molecule has 5 nitrogen and oxygen atoms in total. The molecule has 1 aliphatic rings. The molecule has 24 heavy (non-hydrogen) atoms. The fraction of sp³-hybridized carbons (Fsp3) is 0.529. The van der Waals surface area contributed by atoms with Gasteiger partial charge in [0.05, 0.1) is 16.2 Å². The van der Waals surface area contributed by atoms with E-state index in [4.69, 9.17) is 4.74 Å². The maximum Gasteiger partial charge on any atom is 0.410 e. The van der Waals surface area contributed by atoms with Crippen molar-refractivity contribution < 1.29 is 19.1 Å². The minimum atomic E-state index is -0.634. The second kappa shape index (κ2) is 7.09. The molecule has 1 fully saturated rings. The van der Waals surface area contributed by atoms with Crippen LogP contribution in [0, 0.1) is 11.7 Å². The lowest BCUT2D eigenvalue weighted by atomic mass is 9.98. The van der Waals surface area contributed by atoms with Gasteiger partial charge >= 0.3 is 6.09 Å². The second-order valence-corrected chi connectivity index (χ2v) is 7.85. The molecule has 0 aromatic heterocycles. The quantitative estimate of drug-likeness (QED) is 0.597. The van der Waals surface area contributed by atoms with E-state index in [-0.39, 0.29) is 18.2 Å². The van der Waals surface area contributed by atoms with E-state index in [0.717, 1.165) is 0 Å². The maximum absolute atomic E-state index is 14.3. The predicted octanol–water partition coefficient (Wildman–Crippen LogP) is 4.22. The van der Waals surface area contributed by atoms with Crippen LogP contribution in [0.15, 0.2) is 27.8 Å². The highest BCUT2D eigenvalue weighted by Gasteiger charge is 2.41. The minimum Gasteiger partial charge on any atom is -0.444 e. The zero-order valence-corrected chi connectivity index (χ0v) is 15.8. The molecule has 1 amide bonds. The van der Waals surface area contributed by atoms with Crippen molar-refractivity contribution in [2.24, 2.45) is 11.1 Å². The average Bonchev–Trinajstić information content (AvgIpc) is 2.78. The Morgan fingerprint density at radius 3 is 2.75 bits per heavy atom. The van der Waals surface area contributed by atoms with Gasteiger partial charge in [0, 0.05) is 18.9 Å². The summed E-state index contributed by atoms with van der Waals surface area (Å²) in [6, 6.07) is 4.46. The van der Waals surface area contributed by atoms with Gasteiger partial charge in [-0.2, -0.15) is 0 Å². The van der Waals surface area contributed by atoms with Crippen LogP contribution in [0.4, 0.5) is 9.18 Å². The summed E-state index contributed by atoms with van der Waals surface area (Å²) in [4.78, 5) is 14.0. The van der Waals surface area contributed by atoms with Gasteiger partial charge in [0.1, 0.15) is 11.4 Å². The van der Waals surface area contributed by atoms with Gasteiger partial charge in [0.15, 0.2) is 0 Å². The van der Waals surface area contributed by atoms with Gasteiger partial charge in [-0.3, -0.25) is 4.90 Å². The Kier molecular flexibility index (Phi) is 5.52. The SMILES string of the molecule is CC1CN(C(=O)OC(C)(C)C)C(Cc2cccc(Br)c2F)/C1=N/O. The van der Waals surface area contributed by atoms with Crippen molar-refractivity contribution in [3.63, 3.8) is 0 Å². The topological polar surface area (TPSA) is 62.1 Å². The Labute approximate surface area is 149 Å². The zero-order valence-electron chi connectivity index (χ0n) is 14.2. The van der Waals surface area contributed by atoms with Crippen molar-refractivity contribution in [2.45, 2.75) is 45.8 Å². The van der Waals surface area contributed by atoms with E-state index in [9.17, 15) is 14.4 Å². The summed E-state index contributed by atoms with van der Waals surface area (Å²) in [7, 11) is 0. The molecule has 0 radical (unpaired) electrons. The van der Waals surface area contributed by atoms with Crippen molar-refractivity contribution in [3.05, 3.63) is 34.1 Å². The Bertz CT molecular complexity index is 658. The van der Waals surface area contributed by atoms with Crippen molar-refractivity contribution in [1.29, 1.82) is 0 Å². The third-order valence-electron chi connectivity index (χ3n) is 3.88. The molecule has 2 atom stereocenters. The van der Waals surface area contributed by atoms with Gasteiger partial charge in [0.25, 0.3) is 0 Å². The summed E-state index contributed by atoms with van der Waals surface area (Å²) in [5.74, 6) is -0.499. The van der Waals surface area contributed by atoms with Crippen LogP contribution in [0.1, 0.15) is 33.3 Å². The Hall–Kier alpha value is -1.63. The van der Waals surface area contributed by atoms with Crippen LogP contribution in [0.2, 0.25) is 0 Å². The lowest BCUT2D eigenvalue weighted by Gasteiger charge is -2.28. The van der Waals surface area contributed by atoms with Crippen LogP contribution in [-0.2, 0) is 11.2 Å². The molecule has 0 bridgehead atoms. The van der Waals surface area contributed by atoms with Gasteiger partial charge in [-0.1, -0.05) is 24.2 Å². The largest absolute Gasteiger partial charge is 0.444 e. The highest BCUT2D eigenvalue weighted by atomic mass is 79.9. The van der Waals surface area contributed by atoms with Crippen LogP contribution >= 0.6 is 15.9 Å². The normalized spacial score (nSPS) is 22.9. The summed E-state index contributed by atoms with van der Waals surface area (Å²) in [6.07, 6.45) is -0.276. The number of carbonyl (C=O) groups is 1. The second-order valence-electron chi connectivity index (χ2n) is 6.99. The molecule has 7 heteroatoms.